The van der Waals surface area contributed by atoms with Gasteiger partial charge < -0.3 is 10.8 Å². The number of phenols is 1. The molecule has 0 atom stereocenters. The number of rotatable bonds is 2. The molecule has 1 aromatic heterocycles. The van der Waals surface area contributed by atoms with Crippen molar-refractivity contribution in [2.24, 2.45) is 5.10 Å². The summed E-state index contributed by atoms with van der Waals surface area (Å²) in [5.41, 5.74) is 6.44. The van der Waals surface area contributed by atoms with Gasteiger partial charge in [0.15, 0.2) is 0 Å². The maximum absolute atomic E-state index is 13.1. The van der Waals surface area contributed by atoms with Crippen LogP contribution in [0.2, 0.25) is 5.02 Å². The van der Waals surface area contributed by atoms with E-state index in [2.05, 4.69) is 10.1 Å². The molecule has 0 unspecified atom stereocenters. The Labute approximate surface area is 107 Å². The molecular formula is C11H10ClFN4O. The number of benzene rings is 1. The molecule has 7 heteroatoms. The first kappa shape index (κ1) is 12.4. The van der Waals surface area contributed by atoms with Crippen molar-refractivity contribution < 1.29 is 9.50 Å². The summed E-state index contributed by atoms with van der Waals surface area (Å²) in [5, 5.41) is 13.5. The van der Waals surface area contributed by atoms with Crippen molar-refractivity contribution in [1.82, 2.24) is 9.66 Å². The van der Waals surface area contributed by atoms with Crippen LogP contribution in [0.1, 0.15) is 11.3 Å². The van der Waals surface area contributed by atoms with Crippen LogP contribution in [0.4, 0.5) is 10.3 Å². The lowest BCUT2D eigenvalue weighted by Gasteiger charge is -2.01. The molecule has 0 aliphatic heterocycles. The first-order valence-corrected chi connectivity index (χ1v) is 5.39. The highest BCUT2D eigenvalue weighted by molar-refractivity contribution is 6.32. The van der Waals surface area contributed by atoms with E-state index in [1.165, 1.54) is 10.9 Å². The molecule has 2 aromatic rings. The second kappa shape index (κ2) is 4.66. The Balaban J connectivity index is 2.37. The summed E-state index contributed by atoms with van der Waals surface area (Å²) in [6.07, 6.45) is 2.85. The largest absolute Gasteiger partial charge is 0.506 e. The fourth-order valence-corrected chi connectivity index (χ4v) is 1.62. The number of aryl methyl sites for hydroxylation is 1. The van der Waals surface area contributed by atoms with Crippen LogP contribution in [0, 0.1) is 12.7 Å². The number of nitrogens with zero attached hydrogens (tertiary/aromatic N) is 3. The fourth-order valence-electron chi connectivity index (χ4n) is 1.41. The minimum Gasteiger partial charge on any atom is -0.506 e. The molecule has 1 heterocycles. The Hall–Kier alpha value is -2.08. The number of nitrogen functional groups attached to an aromatic ring is 1. The van der Waals surface area contributed by atoms with Crippen LogP contribution in [-0.2, 0) is 0 Å². The van der Waals surface area contributed by atoms with Gasteiger partial charge in [0.1, 0.15) is 11.6 Å². The quantitative estimate of drug-likeness (QED) is 0.820. The molecule has 2 rings (SSSR count). The zero-order chi connectivity index (χ0) is 13.3. The standard InChI is InChI=1S/C11H10ClFN4O/c1-6-5-17(11(14)16-6)15-4-7-2-8(13)3-9(12)10(7)18/h2-5,18H,1H3,(H2,14,16). The highest BCUT2D eigenvalue weighted by Crippen LogP contribution is 2.27. The summed E-state index contributed by atoms with van der Waals surface area (Å²) in [6.45, 7) is 1.76. The van der Waals surface area contributed by atoms with E-state index in [9.17, 15) is 9.50 Å². The first-order chi connectivity index (χ1) is 8.47. The Morgan fingerprint density at radius 2 is 2.28 bits per heavy atom. The Bertz CT molecular complexity index is 624. The van der Waals surface area contributed by atoms with Crippen molar-refractivity contribution in [3.63, 3.8) is 0 Å². The number of aromatic hydroxyl groups is 1. The average Bonchev–Trinajstić information content (AvgIpc) is 2.60. The molecule has 0 spiro atoms. The summed E-state index contributed by atoms with van der Waals surface area (Å²) >= 11 is 5.64. The second-order valence-electron chi connectivity index (χ2n) is 3.66. The minimum absolute atomic E-state index is 0.0776. The highest BCUT2D eigenvalue weighted by atomic mass is 35.5. The maximum atomic E-state index is 13.1. The van der Waals surface area contributed by atoms with Gasteiger partial charge in [-0.25, -0.2) is 14.1 Å². The predicted molar refractivity (Wildman–Crippen MR) is 67.4 cm³/mol. The van der Waals surface area contributed by atoms with Crippen LogP contribution in [0.25, 0.3) is 0 Å². The van der Waals surface area contributed by atoms with Gasteiger partial charge in [0.25, 0.3) is 0 Å². The van der Waals surface area contributed by atoms with Gasteiger partial charge in [-0.2, -0.15) is 5.10 Å². The number of phenolic OH excluding ortho intramolecular Hbond substituents is 1. The average molecular weight is 269 g/mol. The molecule has 0 aliphatic rings. The molecule has 1 aromatic carbocycles. The third-order valence-electron chi connectivity index (χ3n) is 2.21. The fraction of sp³-hybridized carbons (Fsp3) is 0.0909. The van der Waals surface area contributed by atoms with Crippen LogP contribution >= 0.6 is 11.6 Å². The van der Waals surface area contributed by atoms with Gasteiger partial charge in [-0.1, -0.05) is 11.6 Å². The molecule has 0 saturated carbocycles. The van der Waals surface area contributed by atoms with Crippen molar-refractivity contribution in [3.05, 3.63) is 40.4 Å². The van der Waals surface area contributed by atoms with Crippen molar-refractivity contribution in [2.45, 2.75) is 6.92 Å². The number of halogens is 2. The second-order valence-corrected chi connectivity index (χ2v) is 4.06. The smallest absolute Gasteiger partial charge is 0.221 e. The van der Waals surface area contributed by atoms with Crippen LogP contribution in [0.15, 0.2) is 23.4 Å². The van der Waals surface area contributed by atoms with Crippen molar-refractivity contribution in [2.75, 3.05) is 5.73 Å². The van der Waals surface area contributed by atoms with Crippen molar-refractivity contribution in [1.29, 1.82) is 0 Å². The van der Waals surface area contributed by atoms with Gasteiger partial charge in [0.2, 0.25) is 5.95 Å². The van der Waals surface area contributed by atoms with Crippen LogP contribution in [0.5, 0.6) is 5.75 Å². The molecule has 3 N–H and O–H groups in total. The van der Waals surface area contributed by atoms with E-state index >= 15 is 0 Å². The zero-order valence-corrected chi connectivity index (χ0v) is 10.2. The number of anilines is 1. The lowest BCUT2D eigenvalue weighted by Crippen LogP contribution is -1.97. The molecule has 5 nitrogen and oxygen atoms in total. The van der Waals surface area contributed by atoms with E-state index in [-0.39, 0.29) is 22.3 Å². The van der Waals surface area contributed by atoms with Crippen LogP contribution in [-0.4, -0.2) is 21.0 Å². The van der Waals surface area contributed by atoms with Gasteiger partial charge in [-0.05, 0) is 19.1 Å². The molecule has 0 amide bonds. The van der Waals surface area contributed by atoms with Crippen molar-refractivity contribution in [3.8, 4) is 5.75 Å². The number of nitrogens with two attached hydrogens (primary N) is 1. The lowest BCUT2D eigenvalue weighted by molar-refractivity contribution is 0.472. The number of hydrogen-bond acceptors (Lipinski definition) is 4. The van der Waals surface area contributed by atoms with E-state index < -0.39 is 5.82 Å². The molecule has 0 radical (unpaired) electrons. The van der Waals surface area contributed by atoms with E-state index in [0.717, 1.165) is 12.1 Å². The Morgan fingerprint density at radius 3 is 2.89 bits per heavy atom. The van der Waals surface area contributed by atoms with E-state index in [0.29, 0.717) is 5.69 Å². The summed E-state index contributed by atoms with van der Waals surface area (Å²) in [6, 6.07) is 2.13. The monoisotopic (exact) mass is 268 g/mol. The van der Waals surface area contributed by atoms with Gasteiger partial charge >= 0.3 is 0 Å². The summed E-state index contributed by atoms with van der Waals surface area (Å²) in [4.78, 5) is 3.95. The van der Waals surface area contributed by atoms with Crippen molar-refractivity contribution >= 4 is 23.8 Å². The van der Waals surface area contributed by atoms with Gasteiger partial charge in [-0.3, -0.25) is 0 Å². The van der Waals surface area contributed by atoms with Gasteiger partial charge in [-0.15, -0.1) is 0 Å². The molecule has 0 fully saturated rings. The third kappa shape index (κ3) is 2.43. The third-order valence-corrected chi connectivity index (χ3v) is 2.50. The molecule has 18 heavy (non-hydrogen) atoms. The molecular weight excluding hydrogens is 259 g/mol. The van der Waals surface area contributed by atoms with E-state index in [1.54, 1.807) is 13.1 Å². The van der Waals surface area contributed by atoms with Gasteiger partial charge in [0, 0.05) is 5.56 Å². The van der Waals surface area contributed by atoms with E-state index in [4.69, 9.17) is 17.3 Å². The number of aromatic nitrogens is 2. The first-order valence-electron chi connectivity index (χ1n) is 5.01. The molecule has 0 bridgehead atoms. The van der Waals surface area contributed by atoms with Crippen LogP contribution in [0.3, 0.4) is 0 Å². The maximum Gasteiger partial charge on any atom is 0.221 e. The summed E-state index contributed by atoms with van der Waals surface area (Å²) < 4.78 is 14.4. The Kier molecular flexibility index (Phi) is 3.20. The normalized spacial score (nSPS) is 11.3. The summed E-state index contributed by atoms with van der Waals surface area (Å²) in [5.74, 6) is -0.600. The number of imidazole rings is 1. The van der Waals surface area contributed by atoms with Crippen LogP contribution < -0.4 is 5.73 Å². The Morgan fingerprint density at radius 1 is 1.56 bits per heavy atom. The van der Waals surface area contributed by atoms with E-state index in [1.807, 2.05) is 0 Å². The zero-order valence-electron chi connectivity index (χ0n) is 9.43. The lowest BCUT2D eigenvalue weighted by atomic mass is 10.2. The highest BCUT2D eigenvalue weighted by Gasteiger charge is 2.07. The predicted octanol–water partition coefficient (Wildman–Crippen LogP) is 2.15. The molecule has 0 saturated heterocycles. The van der Waals surface area contributed by atoms with Gasteiger partial charge in [0.05, 0.1) is 23.1 Å². The molecule has 94 valence electrons. The molecule has 0 aliphatic carbocycles. The summed E-state index contributed by atoms with van der Waals surface area (Å²) in [7, 11) is 0. The topological polar surface area (TPSA) is 76.4 Å². The number of hydrogen-bond donors (Lipinski definition) is 2. The minimum atomic E-state index is -0.561. The SMILES string of the molecule is Cc1cn(N=Cc2cc(F)cc(Cl)c2O)c(N)n1.